The molecule has 1 fully saturated rings. The van der Waals surface area contributed by atoms with Crippen molar-refractivity contribution in [2.24, 2.45) is 5.84 Å². The first kappa shape index (κ1) is 14.9. The van der Waals surface area contributed by atoms with Crippen molar-refractivity contribution in [1.82, 2.24) is 15.3 Å². The molecule has 3 N–H and O–H groups in total. The lowest BCUT2D eigenvalue weighted by Gasteiger charge is -2.39. The van der Waals surface area contributed by atoms with Crippen LogP contribution in [0.25, 0.3) is 0 Å². The Morgan fingerprint density at radius 1 is 1.60 bits per heavy atom. The minimum atomic E-state index is -0.325. The van der Waals surface area contributed by atoms with Crippen LogP contribution in [0.1, 0.15) is 35.8 Å². The molecule has 0 radical (unpaired) electrons. The highest BCUT2D eigenvalue weighted by atomic mass is 16.5. The summed E-state index contributed by atoms with van der Waals surface area (Å²) < 4.78 is 5.58. The number of nitrogen functional groups attached to an aromatic ring is 1. The summed E-state index contributed by atoms with van der Waals surface area (Å²) in [5.74, 6) is 4.76. The topological polar surface area (TPSA) is 80.5 Å². The molecule has 6 heteroatoms. The van der Waals surface area contributed by atoms with Crippen LogP contribution < -0.4 is 11.3 Å². The quantitative estimate of drug-likeness (QED) is 0.481. The number of nitrogens with one attached hydrogen (secondary N) is 1. The van der Waals surface area contributed by atoms with E-state index in [1.54, 1.807) is 19.4 Å². The van der Waals surface area contributed by atoms with Gasteiger partial charge in [0, 0.05) is 26.4 Å². The minimum absolute atomic E-state index is 0.0718. The van der Waals surface area contributed by atoms with E-state index in [1.807, 2.05) is 6.07 Å². The summed E-state index contributed by atoms with van der Waals surface area (Å²) in [7, 11) is 1.77. The Morgan fingerprint density at radius 3 is 3.00 bits per heavy atom. The normalized spacial score (nSPS) is 23.6. The Labute approximate surface area is 119 Å². The van der Waals surface area contributed by atoms with Crippen molar-refractivity contribution in [3.63, 3.8) is 0 Å². The van der Waals surface area contributed by atoms with E-state index >= 15 is 0 Å². The molecule has 1 aromatic rings. The molecular weight excluding hydrogens is 256 g/mol. The summed E-state index contributed by atoms with van der Waals surface area (Å²) in [5.41, 5.74) is 3.44. The van der Waals surface area contributed by atoms with Crippen LogP contribution in [-0.4, -0.2) is 41.6 Å². The second-order valence-corrected chi connectivity index (χ2v) is 5.48. The SMILES string of the molecule is COC1(C)CCCN(Cc2ccc(C(=O)NN)cn2)C1. The maximum atomic E-state index is 11.3. The van der Waals surface area contributed by atoms with Crippen molar-refractivity contribution in [2.45, 2.75) is 31.9 Å². The number of rotatable bonds is 4. The number of methoxy groups -OCH3 is 1. The Kier molecular flexibility index (Phi) is 4.69. The zero-order valence-electron chi connectivity index (χ0n) is 12.1. The average molecular weight is 278 g/mol. The van der Waals surface area contributed by atoms with Gasteiger partial charge in [-0.2, -0.15) is 0 Å². The molecule has 2 heterocycles. The zero-order valence-corrected chi connectivity index (χ0v) is 12.1. The summed E-state index contributed by atoms with van der Waals surface area (Å²) in [6.07, 6.45) is 3.76. The number of carbonyl (C=O) groups is 1. The highest BCUT2D eigenvalue weighted by Gasteiger charge is 2.30. The Balaban J connectivity index is 1.98. The van der Waals surface area contributed by atoms with Crippen LogP contribution in [0.2, 0.25) is 0 Å². The van der Waals surface area contributed by atoms with Crippen LogP contribution in [-0.2, 0) is 11.3 Å². The molecule has 0 aromatic carbocycles. The predicted octanol–water partition coefficient (Wildman–Crippen LogP) is 0.686. The van der Waals surface area contributed by atoms with Gasteiger partial charge >= 0.3 is 0 Å². The molecule has 1 atom stereocenters. The van der Waals surface area contributed by atoms with Crippen LogP contribution in [0.3, 0.4) is 0 Å². The van der Waals surface area contributed by atoms with Crippen molar-refractivity contribution < 1.29 is 9.53 Å². The van der Waals surface area contributed by atoms with Crippen molar-refractivity contribution in [3.8, 4) is 0 Å². The number of hydrazine groups is 1. The standard InChI is InChI=1S/C14H22N4O2/c1-14(20-2)6-3-7-18(10-14)9-12-5-4-11(8-16-12)13(19)17-15/h4-5,8H,3,6-7,9-10,15H2,1-2H3,(H,17,19). The van der Waals surface area contributed by atoms with Gasteiger partial charge in [-0.05, 0) is 38.4 Å². The summed E-state index contributed by atoms with van der Waals surface area (Å²) in [6, 6.07) is 3.60. The largest absolute Gasteiger partial charge is 0.377 e. The van der Waals surface area contributed by atoms with Gasteiger partial charge in [-0.1, -0.05) is 0 Å². The number of pyridine rings is 1. The van der Waals surface area contributed by atoms with Crippen LogP contribution >= 0.6 is 0 Å². The third-order valence-electron chi connectivity index (χ3n) is 3.83. The van der Waals surface area contributed by atoms with Crippen molar-refractivity contribution in [1.29, 1.82) is 0 Å². The fourth-order valence-corrected chi connectivity index (χ4v) is 2.57. The number of hydrogen-bond donors (Lipinski definition) is 2. The number of aromatic nitrogens is 1. The monoisotopic (exact) mass is 278 g/mol. The number of ether oxygens (including phenoxy) is 1. The summed E-state index contributed by atoms with van der Waals surface area (Å²) in [4.78, 5) is 18.0. The first-order chi connectivity index (χ1) is 9.56. The lowest BCUT2D eigenvalue weighted by Crippen LogP contribution is -2.46. The Hall–Kier alpha value is -1.50. The van der Waals surface area contributed by atoms with E-state index in [-0.39, 0.29) is 11.5 Å². The number of hydrogen-bond acceptors (Lipinski definition) is 5. The molecule has 1 unspecified atom stereocenters. The number of nitrogens with zero attached hydrogens (tertiary/aromatic N) is 2. The van der Waals surface area contributed by atoms with E-state index in [1.165, 1.54) is 0 Å². The predicted molar refractivity (Wildman–Crippen MR) is 75.8 cm³/mol. The number of nitrogens with two attached hydrogens (primary N) is 1. The fraction of sp³-hybridized carbons (Fsp3) is 0.571. The van der Waals surface area contributed by atoms with Crippen molar-refractivity contribution in [2.75, 3.05) is 20.2 Å². The smallest absolute Gasteiger partial charge is 0.266 e. The molecule has 1 aliphatic rings. The van der Waals surface area contributed by atoms with Crippen LogP contribution in [0.15, 0.2) is 18.3 Å². The van der Waals surface area contributed by atoms with Gasteiger partial charge in [0.15, 0.2) is 0 Å². The van der Waals surface area contributed by atoms with Crippen LogP contribution in [0.5, 0.6) is 0 Å². The van der Waals surface area contributed by atoms with Crippen LogP contribution in [0.4, 0.5) is 0 Å². The Morgan fingerprint density at radius 2 is 2.40 bits per heavy atom. The minimum Gasteiger partial charge on any atom is -0.377 e. The van der Waals surface area contributed by atoms with Crippen molar-refractivity contribution in [3.05, 3.63) is 29.6 Å². The second-order valence-electron chi connectivity index (χ2n) is 5.48. The molecule has 2 rings (SSSR count). The number of carbonyl (C=O) groups excluding carboxylic acids is 1. The molecule has 0 bridgehead atoms. The van der Waals surface area contributed by atoms with E-state index in [2.05, 4.69) is 22.2 Å². The highest BCUT2D eigenvalue weighted by Crippen LogP contribution is 2.24. The van der Waals surface area contributed by atoms with E-state index in [4.69, 9.17) is 10.6 Å². The summed E-state index contributed by atoms with van der Waals surface area (Å²) in [6.45, 7) is 4.85. The first-order valence-electron chi connectivity index (χ1n) is 6.80. The van der Waals surface area contributed by atoms with Gasteiger partial charge in [0.25, 0.3) is 5.91 Å². The molecule has 1 aliphatic heterocycles. The molecular formula is C14H22N4O2. The van der Waals surface area contributed by atoms with Gasteiger partial charge in [0.1, 0.15) is 0 Å². The van der Waals surface area contributed by atoms with Crippen LogP contribution in [0, 0.1) is 0 Å². The maximum absolute atomic E-state index is 11.3. The Bertz CT molecular complexity index is 463. The molecule has 0 spiro atoms. The number of amides is 1. The van der Waals surface area contributed by atoms with Gasteiger partial charge in [0.2, 0.25) is 0 Å². The molecule has 110 valence electrons. The third-order valence-corrected chi connectivity index (χ3v) is 3.83. The molecule has 20 heavy (non-hydrogen) atoms. The summed E-state index contributed by atoms with van der Waals surface area (Å²) >= 11 is 0. The van der Waals surface area contributed by atoms with Gasteiger partial charge in [-0.3, -0.25) is 20.1 Å². The molecule has 6 nitrogen and oxygen atoms in total. The van der Waals surface area contributed by atoms with E-state index in [0.29, 0.717) is 5.56 Å². The molecule has 1 amide bonds. The zero-order chi connectivity index (χ0) is 14.6. The third kappa shape index (κ3) is 3.53. The van der Waals surface area contributed by atoms with Gasteiger partial charge in [-0.25, -0.2) is 5.84 Å². The van der Waals surface area contributed by atoms with Gasteiger partial charge in [-0.15, -0.1) is 0 Å². The van der Waals surface area contributed by atoms with E-state index < -0.39 is 0 Å². The second kappa shape index (κ2) is 6.30. The van der Waals surface area contributed by atoms with Crippen molar-refractivity contribution >= 4 is 5.91 Å². The molecule has 1 aromatic heterocycles. The highest BCUT2D eigenvalue weighted by molar-refractivity contribution is 5.93. The lowest BCUT2D eigenvalue weighted by atomic mass is 9.94. The number of likely N-dealkylation sites (tertiary alicyclic amines) is 1. The first-order valence-corrected chi connectivity index (χ1v) is 6.80. The molecule has 0 aliphatic carbocycles. The summed E-state index contributed by atoms with van der Waals surface area (Å²) in [5, 5.41) is 0. The number of piperidine rings is 1. The van der Waals surface area contributed by atoms with Gasteiger partial charge < -0.3 is 4.74 Å². The van der Waals surface area contributed by atoms with E-state index in [9.17, 15) is 4.79 Å². The van der Waals surface area contributed by atoms with Gasteiger partial charge in [0.05, 0.1) is 16.9 Å². The van der Waals surface area contributed by atoms with E-state index in [0.717, 1.165) is 38.2 Å². The molecule has 0 saturated carbocycles. The maximum Gasteiger partial charge on any atom is 0.266 e. The fourth-order valence-electron chi connectivity index (χ4n) is 2.57. The lowest BCUT2D eigenvalue weighted by molar-refractivity contribution is -0.0529. The molecule has 1 saturated heterocycles. The average Bonchev–Trinajstić information content (AvgIpc) is 2.47.